The Hall–Kier alpha value is -1.42. The number of hydrogen-bond acceptors (Lipinski definition) is 4. The van der Waals surface area contributed by atoms with Crippen molar-refractivity contribution >= 4 is 5.78 Å². The molecule has 1 aromatic rings. The fraction of sp³-hybridized carbons (Fsp3) is 0.500. The molecular weight excluding hydrogens is 204 g/mol. The van der Waals surface area contributed by atoms with Crippen LogP contribution in [-0.2, 0) is 0 Å². The second-order valence-electron chi connectivity index (χ2n) is 4.56. The lowest BCUT2D eigenvalue weighted by Crippen LogP contribution is -2.32. The second kappa shape index (κ2) is 3.87. The standard InChI is InChI=1S/C12H16N2O2/c1-8(2)16-10-5-9(6-14-7-10)11(15)12(13)3-4-12/h5-8H,3-4,13H2,1-2H3. The summed E-state index contributed by atoms with van der Waals surface area (Å²) in [7, 11) is 0. The van der Waals surface area contributed by atoms with Gasteiger partial charge < -0.3 is 10.5 Å². The summed E-state index contributed by atoms with van der Waals surface area (Å²) in [5.74, 6) is 0.583. The van der Waals surface area contributed by atoms with E-state index in [9.17, 15) is 4.79 Å². The van der Waals surface area contributed by atoms with Crippen molar-refractivity contribution < 1.29 is 9.53 Å². The average molecular weight is 220 g/mol. The van der Waals surface area contributed by atoms with Gasteiger partial charge in [-0.05, 0) is 32.8 Å². The summed E-state index contributed by atoms with van der Waals surface area (Å²) >= 11 is 0. The molecule has 0 amide bonds. The molecule has 0 aromatic carbocycles. The number of hydrogen-bond donors (Lipinski definition) is 1. The number of pyridine rings is 1. The summed E-state index contributed by atoms with van der Waals surface area (Å²) in [4.78, 5) is 15.9. The van der Waals surface area contributed by atoms with Gasteiger partial charge in [-0.2, -0.15) is 0 Å². The summed E-state index contributed by atoms with van der Waals surface area (Å²) in [5, 5.41) is 0. The molecule has 1 saturated carbocycles. The normalized spacial score (nSPS) is 17.2. The van der Waals surface area contributed by atoms with E-state index >= 15 is 0 Å². The van der Waals surface area contributed by atoms with Gasteiger partial charge >= 0.3 is 0 Å². The molecular formula is C12H16N2O2. The smallest absolute Gasteiger partial charge is 0.184 e. The second-order valence-corrected chi connectivity index (χ2v) is 4.56. The van der Waals surface area contributed by atoms with Crippen LogP contribution in [0.25, 0.3) is 0 Å². The van der Waals surface area contributed by atoms with Crippen molar-refractivity contribution in [3.8, 4) is 5.75 Å². The fourth-order valence-corrected chi connectivity index (χ4v) is 1.53. The minimum absolute atomic E-state index is 0.0331. The third-order valence-electron chi connectivity index (χ3n) is 2.59. The van der Waals surface area contributed by atoms with Crippen molar-refractivity contribution in [3.05, 3.63) is 24.0 Å². The highest BCUT2D eigenvalue weighted by Gasteiger charge is 2.46. The van der Waals surface area contributed by atoms with E-state index in [0.29, 0.717) is 11.3 Å². The maximum Gasteiger partial charge on any atom is 0.184 e. The maximum atomic E-state index is 11.9. The topological polar surface area (TPSA) is 65.2 Å². The van der Waals surface area contributed by atoms with Gasteiger partial charge in [-0.1, -0.05) is 0 Å². The van der Waals surface area contributed by atoms with Crippen molar-refractivity contribution in [2.24, 2.45) is 5.73 Å². The predicted molar refractivity (Wildman–Crippen MR) is 60.5 cm³/mol. The van der Waals surface area contributed by atoms with Crippen molar-refractivity contribution in [1.82, 2.24) is 4.98 Å². The Morgan fingerprint density at radius 1 is 1.50 bits per heavy atom. The fourth-order valence-electron chi connectivity index (χ4n) is 1.53. The lowest BCUT2D eigenvalue weighted by Gasteiger charge is -2.11. The Labute approximate surface area is 94.8 Å². The zero-order valence-corrected chi connectivity index (χ0v) is 9.56. The van der Waals surface area contributed by atoms with Crippen molar-refractivity contribution in [2.75, 3.05) is 0 Å². The number of Topliss-reactive ketones (excluding diaryl/α,β-unsaturated/α-hetero) is 1. The van der Waals surface area contributed by atoms with E-state index in [1.54, 1.807) is 18.5 Å². The molecule has 86 valence electrons. The number of ketones is 1. The van der Waals surface area contributed by atoms with Crippen molar-refractivity contribution in [1.29, 1.82) is 0 Å². The van der Waals surface area contributed by atoms with Gasteiger partial charge in [-0.15, -0.1) is 0 Å². The quantitative estimate of drug-likeness (QED) is 0.782. The third kappa shape index (κ3) is 2.22. The lowest BCUT2D eigenvalue weighted by molar-refractivity contribution is 0.0948. The molecule has 2 N–H and O–H groups in total. The van der Waals surface area contributed by atoms with Gasteiger partial charge in [0.15, 0.2) is 5.78 Å². The number of nitrogens with two attached hydrogens (primary N) is 1. The number of ether oxygens (including phenoxy) is 1. The summed E-state index contributed by atoms with van der Waals surface area (Å²) in [6.45, 7) is 3.86. The van der Waals surface area contributed by atoms with Crippen LogP contribution in [0.3, 0.4) is 0 Å². The molecule has 0 atom stereocenters. The molecule has 1 fully saturated rings. The van der Waals surface area contributed by atoms with E-state index in [-0.39, 0.29) is 11.9 Å². The maximum absolute atomic E-state index is 11.9. The highest BCUT2D eigenvalue weighted by Crippen LogP contribution is 2.35. The van der Waals surface area contributed by atoms with E-state index in [1.165, 1.54) is 0 Å². The molecule has 1 aliphatic carbocycles. The van der Waals surface area contributed by atoms with Crippen LogP contribution < -0.4 is 10.5 Å². The zero-order chi connectivity index (χ0) is 11.8. The summed E-state index contributed by atoms with van der Waals surface area (Å²) in [6.07, 6.45) is 4.75. The van der Waals surface area contributed by atoms with Gasteiger partial charge in [0, 0.05) is 11.8 Å². The van der Waals surface area contributed by atoms with Crippen molar-refractivity contribution in [2.45, 2.75) is 38.3 Å². The minimum Gasteiger partial charge on any atom is -0.489 e. The number of aromatic nitrogens is 1. The van der Waals surface area contributed by atoms with Crippen LogP contribution >= 0.6 is 0 Å². The Morgan fingerprint density at radius 3 is 2.75 bits per heavy atom. The molecule has 4 nitrogen and oxygen atoms in total. The molecule has 1 aromatic heterocycles. The van der Waals surface area contributed by atoms with Gasteiger partial charge in [-0.25, -0.2) is 0 Å². The Kier molecular flexibility index (Phi) is 2.68. The molecule has 16 heavy (non-hydrogen) atoms. The number of carbonyl (C=O) groups is 1. The van der Waals surface area contributed by atoms with Crippen LogP contribution in [0.2, 0.25) is 0 Å². The summed E-state index contributed by atoms with van der Waals surface area (Å²) in [6, 6.07) is 1.71. The average Bonchev–Trinajstić information content (AvgIpc) is 2.96. The molecule has 1 aliphatic rings. The first kappa shape index (κ1) is 11.1. The summed E-state index contributed by atoms with van der Waals surface area (Å²) in [5.41, 5.74) is 5.75. The number of rotatable bonds is 4. The molecule has 1 heterocycles. The van der Waals surface area contributed by atoms with Crippen LogP contribution in [0, 0.1) is 0 Å². The number of nitrogens with zero attached hydrogens (tertiary/aromatic N) is 1. The van der Waals surface area contributed by atoms with E-state index in [2.05, 4.69) is 4.98 Å². The van der Waals surface area contributed by atoms with Gasteiger partial charge in [0.2, 0.25) is 0 Å². The largest absolute Gasteiger partial charge is 0.489 e. The Balaban J connectivity index is 2.19. The van der Waals surface area contributed by atoms with E-state index < -0.39 is 5.54 Å². The highest BCUT2D eigenvalue weighted by molar-refractivity contribution is 6.05. The Morgan fingerprint density at radius 2 is 2.19 bits per heavy atom. The molecule has 0 radical (unpaired) electrons. The monoisotopic (exact) mass is 220 g/mol. The SMILES string of the molecule is CC(C)Oc1cncc(C(=O)C2(N)CC2)c1. The van der Waals surface area contributed by atoms with Gasteiger partial charge in [0.1, 0.15) is 5.75 Å². The molecule has 2 rings (SSSR count). The predicted octanol–water partition coefficient (Wildman–Crippen LogP) is 1.54. The first-order valence-electron chi connectivity index (χ1n) is 5.47. The van der Waals surface area contributed by atoms with Gasteiger partial charge in [0.25, 0.3) is 0 Å². The molecule has 0 aliphatic heterocycles. The first-order chi connectivity index (χ1) is 7.51. The van der Waals surface area contributed by atoms with Gasteiger partial charge in [0.05, 0.1) is 17.8 Å². The summed E-state index contributed by atoms with van der Waals surface area (Å²) < 4.78 is 5.48. The third-order valence-corrected chi connectivity index (χ3v) is 2.59. The molecule has 0 saturated heterocycles. The van der Waals surface area contributed by atoms with Crippen LogP contribution in [0.4, 0.5) is 0 Å². The van der Waals surface area contributed by atoms with Crippen LogP contribution in [0.15, 0.2) is 18.5 Å². The van der Waals surface area contributed by atoms with E-state index in [4.69, 9.17) is 10.5 Å². The molecule has 0 spiro atoms. The highest BCUT2D eigenvalue weighted by atomic mass is 16.5. The Bertz CT molecular complexity index is 411. The van der Waals surface area contributed by atoms with Crippen molar-refractivity contribution in [3.63, 3.8) is 0 Å². The first-order valence-corrected chi connectivity index (χ1v) is 5.47. The van der Waals surface area contributed by atoms with Crippen LogP contribution in [0.1, 0.15) is 37.0 Å². The zero-order valence-electron chi connectivity index (χ0n) is 9.56. The van der Waals surface area contributed by atoms with Crippen LogP contribution in [-0.4, -0.2) is 22.4 Å². The molecule has 0 unspecified atom stereocenters. The molecule has 4 heteroatoms. The van der Waals surface area contributed by atoms with E-state index in [1.807, 2.05) is 13.8 Å². The lowest BCUT2D eigenvalue weighted by atomic mass is 10.1. The van der Waals surface area contributed by atoms with Crippen LogP contribution in [0.5, 0.6) is 5.75 Å². The number of carbonyl (C=O) groups excluding carboxylic acids is 1. The molecule has 0 bridgehead atoms. The minimum atomic E-state index is -0.641. The van der Waals surface area contributed by atoms with Gasteiger partial charge in [-0.3, -0.25) is 9.78 Å². The van der Waals surface area contributed by atoms with E-state index in [0.717, 1.165) is 12.8 Å².